The quantitative estimate of drug-likeness (QED) is 0.0374. The molecule has 15 heteroatoms. The van der Waals surface area contributed by atoms with Gasteiger partial charge in [-0.25, -0.2) is 0 Å². The van der Waals surface area contributed by atoms with Gasteiger partial charge in [-0.2, -0.15) is 0 Å². The molecule has 0 aliphatic rings. The van der Waals surface area contributed by atoms with Crippen LogP contribution in [0, 0.1) is 23.2 Å². The third-order valence-corrected chi connectivity index (χ3v) is 17.9. The molecule has 0 aliphatic carbocycles. The summed E-state index contributed by atoms with van der Waals surface area (Å²) in [5, 5.41) is 35.7. The third-order valence-electron chi connectivity index (χ3n) is 16.3. The molecule has 3 aromatic carbocycles. The molecular formula is C74H114O12S3. The normalized spacial score (nSPS) is 15.3. The van der Waals surface area contributed by atoms with Gasteiger partial charge < -0.3 is 43.7 Å². The van der Waals surface area contributed by atoms with Gasteiger partial charge in [0.1, 0.15) is 37.1 Å². The fraction of sp³-hybridized carbons (Fsp3) is 0.676. The Bertz CT molecular complexity index is 2520. The highest BCUT2D eigenvalue weighted by Gasteiger charge is 2.39. The Hall–Kier alpha value is -4.86. The largest absolute Gasteiger partial charge is 0.507 e. The van der Waals surface area contributed by atoms with Gasteiger partial charge >= 0.3 is 17.9 Å². The van der Waals surface area contributed by atoms with Crippen molar-refractivity contribution >= 4 is 69.7 Å². The number of thiocarbonyl (C=S) groups is 3. The number of carbonyl (C=O) groups excluding carboxylic acids is 3. The minimum atomic E-state index is -0.990. The van der Waals surface area contributed by atoms with Crippen molar-refractivity contribution in [3.05, 3.63) is 86.5 Å². The van der Waals surface area contributed by atoms with E-state index in [1.54, 1.807) is 0 Å². The molecular weight excluding hydrogens is 1180 g/mol. The van der Waals surface area contributed by atoms with Crippen molar-refractivity contribution in [2.75, 3.05) is 39.6 Å². The second-order valence-electron chi connectivity index (χ2n) is 31.6. The lowest BCUT2D eigenvalue weighted by molar-refractivity contribution is -0.146. The van der Waals surface area contributed by atoms with E-state index in [1.807, 2.05) is 209 Å². The molecule has 0 heterocycles. The molecule has 0 spiro atoms. The van der Waals surface area contributed by atoms with Crippen LogP contribution in [0.2, 0.25) is 0 Å². The number of benzene rings is 3. The molecule has 3 aromatic rings. The SMILES string of the molecule is CCCOC(=O)C(CC(C)C(=S)OCC(C)(COC(=S)C(C)CC(C(=O)OCCC)c1cc(C(C)(C)C)c(O)c(C(C)(C)C)c1)COC(=S)C(C)CC(C(=O)OCCC)c1cc(C(C)(C)C)c(O)c(C(C)(C)C)c1)c1cc(C(C)(C)C)c(O)c(C(C)(C)C)c1. The monoisotopic (exact) mass is 1290 g/mol. The Labute approximate surface area is 553 Å². The Morgan fingerprint density at radius 1 is 0.360 bits per heavy atom. The van der Waals surface area contributed by atoms with Gasteiger partial charge in [-0.05, 0) is 165 Å². The molecule has 0 fully saturated rings. The van der Waals surface area contributed by atoms with Gasteiger partial charge in [-0.3, -0.25) is 14.4 Å². The molecule has 3 rings (SSSR count). The maximum atomic E-state index is 14.2. The summed E-state index contributed by atoms with van der Waals surface area (Å²) in [6.07, 6.45) is 2.67. The molecule has 0 bridgehead atoms. The average Bonchev–Trinajstić information content (AvgIpc) is 0.908. The third kappa shape index (κ3) is 22.2. The lowest BCUT2D eigenvalue weighted by Crippen LogP contribution is -2.38. The van der Waals surface area contributed by atoms with E-state index in [-0.39, 0.29) is 91.3 Å². The van der Waals surface area contributed by atoms with E-state index in [0.29, 0.717) is 19.3 Å². The Morgan fingerprint density at radius 2 is 0.539 bits per heavy atom. The van der Waals surface area contributed by atoms with E-state index in [4.69, 9.17) is 65.1 Å². The standard InChI is InChI=1S/C74H114O12S3/c1-26-29-81-62(78)50(47-35-53(68(7,8)9)59(75)54(36-47)69(10,11)12)32-44(4)65(87)84-41-74(25,42-85-66(88)45(5)33-51(63(79)82-30-27-2)48-37-55(70(13,14)15)60(76)56(38-48)71(16,17)18)43-86-67(89)46(6)34-52(64(80)83-31-28-3)49-39-57(72(19,20)21)61(77)58(40-49)73(22,23)24/h35-40,44-46,50-52,75-77H,26-34,41-43H2,1-25H3. The lowest BCUT2D eigenvalue weighted by Gasteiger charge is -2.33. The first kappa shape index (κ1) is 78.4. The first-order chi connectivity index (χ1) is 40.6. The second-order valence-corrected chi connectivity index (χ2v) is 32.8. The van der Waals surface area contributed by atoms with Crippen molar-refractivity contribution in [2.24, 2.45) is 23.2 Å². The summed E-state index contributed by atoms with van der Waals surface area (Å²) in [5.74, 6) is -4.15. The molecule has 0 saturated heterocycles. The van der Waals surface area contributed by atoms with Gasteiger partial charge in [0, 0.05) is 17.8 Å². The molecule has 0 saturated carbocycles. The highest BCUT2D eigenvalue weighted by atomic mass is 32.1. The van der Waals surface area contributed by atoms with E-state index < -0.39 is 91.3 Å². The number of phenolic OH excluding ortho intramolecular Hbond substituents is 3. The van der Waals surface area contributed by atoms with Gasteiger partial charge in [-0.1, -0.05) is 203 Å². The molecule has 0 aromatic heterocycles. The highest BCUT2D eigenvalue weighted by Crippen LogP contribution is 2.46. The highest BCUT2D eigenvalue weighted by molar-refractivity contribution is 7.80. The minimum absolute atomic E-state index is 0.0219. The molecule has 6 atom stereocenters. The predicted octanol–water partition coefficient (Wildman–Crippen LogP) is 18.2. The first-order valence-electron chi connectivity index (χ1n) is 32.3. The van der Waals surface area contributed by atoms with Crippen LogP contribution in [-0.4, -0.2) is 88.0 Å². The number of esters is 3. The van der Waals surface area contributed by atoms with Crippen molar-refractivity contribution < 1.29 is 58.1 Å². The van der Waals surface area contributed by atoms with Gasteiger partial charge in [0.2, 0.25) is 0 Å². The van der Waals surface area contributed by atoms with Crippen molar-refractivity contribution in [2.45, 2.75) is 262 Å². The van der Waals surface area contributed by atoms with Crippen molar-refractivity contribution in [1.29, 1.82) is 0 Å². The van der Waals surface area contributed by atoms with Crippen molar-refractivity contribution in [3.63, 3.8) is 0 Å². The number of phenols is 3. The smallest absolute Gasteiger partial charge is 0.313 e. The zero-order valence-electron chi connectivity index (χ0n) is 59.2. The topological polar surface area (TPSA) is 167 Å². The molecule has 500 valence electrons. The van der Waals surface area contributed by atoms with Gasteiger partial charge in [0.25, 0.3) is 0 Å². The van der Waals surface area contributed by atoms with Crippen molar-refractivity contribution in [1.82, 2.24) is 0 Å². The fourth-order valence-electron chi connectivity index (χ4n) is 10.7. The van der Waals surface area contributed by atoms with Crippen LogP contribution < -0.4 is 0 Å². The summed E-state index contributed by atoms with van der Waals surface area (Å²) < 4.78 is 37.4. The average molecular weight is 1290 g/mol. The first-order valence-corrected chi connectivity index (χ1v) is 33.5. The maximum absolute atomic E-state index is 14.2. The molecule has 0 aliphatic heterocycles. The maximum Gasteiger partial charge on any atom is 0.313 e. The number of hydrogen-bond donors (Lipinski definition) is 3. The van der Waals surface area contributed by atoms with Gasteiger partial charge in [-0.15, -0.1) is 0 Å². The van der Waals surface area contributed by atoms with Crippen LogP contribution in [0.4, 0.5) is 0 Å². The van der Waals surface area contributed by atoms with Gasteiger partial charge in [0.05, 0.1) is 43.0 Å². The fourth-order valence-corrected chi connectivity index (χ4v) is 11.1. The van der Waals surface area contributed by atoms with E-state index in [9.17, 15) is 29.7 Å². The number of hydrogen-bond acceptors (Lipinski definition) is 15. The van der Waals surface area contributed by atoms with Crippen LogP contribution in [0.25, 0.3) is 0 Å². The summed E-state index contributed by atoms with van der Waals surface area (Å²) >= 11 is 18.3. The molecule has 89 heavy (non-hydrogen) atoms. The number of carbonyl (C=O) groups is 3. The molecule has 12 nitrogen and oxygen atoms in total. The van der Waals surface area contributed by atoms with Crippen molar-refractivity contribution in [3.8, 4) is 17.2 Å². The van der Waals surface area contributed by atoms with E-state index in [0.717, 1.165) is 50.1 Å². The minimum Gasteiger partial charge on any atom is -0.507 e. The Morgan fingerprint density at radius 3 is 0.697 bits per heavy atom. The van der Waals surface area contributed by atoms with Gasteiger partial charge in [0.15, 0.2) is 15.2 Å². The molecule has 0 radical (unpaired) electrons. The van der Waals surface area contributed by atoms with Crippen LogP contribution in [0.15, 0.2) is 36.4 Å². The summed E-state index contributed by atoms with van der Waals surface area (Å²) in [6.45, 7) is 50.8. The summed E-state index contributed by atoms with van der Waals surface area (Å²) in [5.41, 5.74) is 2.85. The van der Waals surface area contributed by atoms with Crippen LogP contribution in [0.1, 0.15) is 279 Å². The van der Waals surface area contributed by atoms with E-state index in [1.165, 1.54) is 0 Å². The van der Waals surface area contributed by atoms with E-state index >= 15 is 0 Å². The van der Waals surface area contributed by atoms with Crippen LogP contribution in [-0.2, 0) is 75.3 Å². The second kappa shape index (κ2) is 31.6. The van der Waals surface area contributed by atoms with Crippen LogP contribution in [0.5, 0.6) is 17.2 Å². The lowest BCUT2D eigenvalue weighted by atomic mass is 9.76. The number of rotatable bonds is 27. The zero-order chi connectivity index (χ0) is 68.3. The summed E-state index contributed by atoms with van der Waals surface area (Å²) in [7, 11) is 0. The zero-order valence-corrected chi connectivity index (χ0v) is 61.6. The summed E-state index contributed by atoms with van der Waals surface area (Å²) in [4.78, 5) is 42.6. The summed E-state index contributed by atoms with van der Waals surface area (Å²) in [6, 6.07) is 11.5. The van der Waals surface area contributed by atoms with E-state index in [2.05, 4.69) is 0 Å². The molecule has 0 amide bonds. The molecule has 6 unspecified atom stereocenters. The number of ether oxygens (including phenoxy) is 6. The van der Waals surface area contributed by atoms with Crippen LogP contribution in [0.3, 0.4) is 0 Å². The Balaban J connectivity index is 2.14. The number of aromatic hydroxyl groups is 3. The predicted molar refractivity (Wildman–Crippen MR) is 374 cm³/mol. The van der Waals surface area contributed by atoms with Crippen LogP contribution >= 0.6 is 36.7 Å². The Kier molecular flexibility index (Phi) is 27.9. The molecule has 3 N–H and O–H groups in total.